The minimum absolute atomic E-state index is 0.722. The fraction of sp³-hybridized carbons (Fsp3) is 0.455. The molecule has 0 spiro atoms. The average Bonchev–Trinajstić information content (AvgIpc) is 2.64. The molecule has 0 aliphatic carbocycles. The maximum Gasteiger partial charge on any atom is 0.146 e. The molecule has 0 saturated carbocycles. The van der Waals surface area contributed by atoms with Crippen LogP contribution in [0.3, 0.4) is 0 Å². The lowest BCUT2D eigenvalue weighted by atomic mass is 10.00. The number of nitrogens with two attached hydrogens (primary N) is 1. The van der Waals surface area contributed by atoms with Crippen LogP contribution in [-0.2, 0) is 6.42 Å². The molecule has 1 aliphatic heterocycles. The van der Waals surface area contributed by atoms with Crippen LogP contribution in [-0.4, -0.2) is 13.7 Å². The van der Waals surface area contributed by atoms with E-state index in [2.05, 4.69) is 6.92 Å². The van der Waals surface area contributed by atoms with E-state index in [1.165, 1.54) is 5.56 Å². The molecular formula is C11H15NO2. The van der Waals surface area contributed by atoms with E-state index in [1.54, 1.807) is 7.11 Å². The number of hydrogen-bond donors (Lipinski definition) is 1. The smallest absolute Gasteiger partial charge is 0.146 e. The van der Waals surface area contributed by atoms with Crippen LogP contribution in [0.2, 0.25) is 0 Å². The van der Waals surface area contributed by atoms with Crippen molar-refractivity contribution in [3.8, 4) is 11.5 Å². The summed E-state index contributed by atoms with van der Waals surface area (Å²) in [6.45, 7) is 4.74. The fourth-order valence-electron chi connectivity index (χ4n) is 2.07. The number of benzene rings is 1. The van der Waals surface area contributed by atoms with E-state index in [0.717, 1.165) is 41.3 Å². The molecule has 3 nitrogen and oxygen atoms in total. The first-order chi connectivity index (χ1) is 6.66. The van der Waals surface area contributed by atoms with Crippen LogP contribution in [0.15, 0.2) is 0 Å². The van der Waals surface area contributed by atoms with Gasteiger partial charge in [-0.25, -0.2) is 0 Å². The molecule has 3 heteroatoms. The van der Waals surface area contributed by atoms with Crippen LogP contribution >= 0.6 is 0 Å². The van der Waals surface area contributed by atoms with Gasteiger partial charge in [0.2, 0.25) is 0 Å². The fourth-order valence-corrected chi connectivity index (χ4v) is 2.07. The molecule has 0 radical (unpaired) electrons. The molecule has 1 aliphatic rings. The predicted octanol–water partition coefficient (Wildman–Crippen LogP) is 1.83. The van der Waals surface area contributed by atoms with Gasteiger partial charge < -0.3 is 15.2 Å². The van der Waals surface area contributed by atoms with E-state index >= 15 is 0 Å². The molecule has 0 saturated heterocycles. The minimum Gasteiger partial charge on any atom is -0.496 e. The molecule has 0 aromatic heterocycles. The number of nitrogen functional groups attached to an aromatic ring is 1. The zero-order valence-corrected chi connectivity index (χ0v) is 8.81. The Bertz CT molecular complexity index is 379. The Kier molecular flexibility index (Phi) is 2.02. The molecule has 0 bridgehead atoms. The van der Waals surface area contributed by atoms with E-state index < -0.39 is 0 Å². The van der Waals surface area contributed by atoms with Gasteiger partial charge in [-0.1, -0.05) is 0 Å². The monoisotopic (exact) mass is 193 g/mol. The summed E-state index contributed by atoms with van der Waals surface area (Å²) in [6.07, 6.45) is 0.933. The second-order valence-corrected chi connectivity index (χ2v) is 3.60. The Morgan fingerprint density at radius 1 is 1.29 bits per heavy atom. The summed E-state index contributed by atoms with van der Waals surface area (Å²) in [4.78, 5) is 0. The lowest BCUT2D eigenvalue weighted by molar-refractivity contribution is 0.357. The average molecular weight is 193 g/mol. The van der Waals surface area contributed by atoms with E-state index in [4.69, 9.17) is 15.2 Å². The first kappa shape index (κ1) is 9.19. The summed E-state index contributed by atoms with van der Waals surface area (Å²) >= 11 is 0. The normalized spacial score (nSPS) is 13.6. The van der Waals surface area contributed by atoms with Crippen LogP contribution in [0.5, 0.6) is 11.5 Å². The molecule has 14 heavy (non-hydrogen) atoms. The van der Waals surface area contributed by atoms with E-state index in [-0.39, 0.29) is 0 Å². The van der Waals surface area contributed by atoms with Crippen molar-refractivity contribution in [2.45, 2.75) is 20.3 Å². The molecule has 1 heterocycles. The van der Waals surface area contributed by atoms with Gasteiger partial charge in [-0.05, 0) is 19.4 Å². The van der Waals surface area contributed by atoms with Crippen molar-refractivity contribution in [1.82, 2.24) is 0 Å². The van der Waals surface area contributed by atoms with Gasteiger partial charge in [-0.2, -0.15) is 0 Å². The van der Waals surface area contributed by atoms with Crippen molar-refractivity contribution in [1.29, 1.82) is 0 Å². The number of rotatable bonds is 1. The van der Waals surface area contributed by atoms with Crippen molar-refractivity contribution in [3.63, 3.8) is 0 Å². The van der Waals surface area contributed by atoms with Gasteiger partial charge in [0.25, 0.3) is 0 Å². The van der Waals surface area contributed by atoms with Gasteiger partial charge in [-0.3, -0.25) is 0 Å². The third-order valence-corrected chi connectivity index (χ3v) is 2.86. The van der Waals surface area contributed by atoms with Crippen LogP contribution in [0.1, 0.15) is 16.7 Å². The maximum atomic E-state index is 5.97. The lowest BCUT2D eigenvalue weighted by Crippen LogP contribution is -2.00. The summed E-state index contributed by atoms with van der Waals surface area (Å²) in [5, 5.41) is 0. The first-order valence-electron chi connectivity index (χ1n) is 4.75. The summed E-state index contributed by atoms with van der Waals surface area (Å²) in [7, 11) is 1.68. The number of fused-ring (bicyclic) bond motifs is 1. The molecule has 0 fully saturated rings. The summed E-state index contributed by atoms with van der Waals surface area (Å²) in [5.41, 5.74) is 10.0. The second kappa shape index (κ2) is 3.08. The van der Waals surface area contributed by atoms with E-state index in [9.17, 15) is 0 Å². The van der Waals surface area contributed by atoms with Crippen molar-refractivity contribution in [2.24, 2.45) is 0 Å². The molecule has 0 atom stereocenters. The van der Waals surface area contributed by atoms with Crippen molar-refractivity contribution in [2.75, 3.05) is 19.5 Å². The Labute approximate surface area is 83.8 Å². The quantitative estimate of drug-likeness (QED) is 0.692. The van der Waals surface area contributed by atoms with Gasteiger partial charge >= 0.3 is 0 Å². The Morgan fingerprint density at radius 3 is 2.64 bits per heavy atom. The number of methoxy groups -OCH3 is 1. The van der Waals surface area contributed by atoms with Gasteiger partial charge in [0.15, 0.2) is 0 Å². The van der Waals surface area contributed by atoms with E-state index in [1.807, 2.05) is 6.92 Å². The summed E-state index contributed by atoms with van der Waals surface area (Å²) in [6, 6.07) is 0. The summed E-state index contributed by atoms with van der Waals surface area (Å²) in [5.74, 6) is 1.76. The maximum absolute atomic E-state index is 5.97. The molecule has 2 rings (SSSR count). The van der Waals surface area contributed by atoms with Gasteiger partial charge in [0, 0.05) is 17.5 Å². The van der Waals surface area contributed by atoms with Crippen LogP contribution in [0.4, 0.5) is 5.69 Å². The summed E-state index contributed by atoms with van der Waals surface area (Å²) < 4.78 is 10.9. The third kappa shape index (κ3) is 1.05. The molecular weight excluding hydrogens is 178 g/mol. The molecule has 76 valence electrons. The minimum atomic E-state index is 0.722. The highest BCUT2D eigenvalue weighted by molar-refractivity contribution is 5.70. The van der Waals surface area contributed by atoms with Gasteiger partial charge in [-0.15, -0.1) is 0 Å². The number of hydrogen-bond acceptors (Lipinski definition) is 3. The Balaban J connectivity index is 2.73. The standard InChI is InChI=1S/C11H15NO2/c1-6-8-4-5-14-11(8)9(12)7(2)10(6)13-3/h4-5,12H2,1-3H3. The predicted molar refractivity (Wildman–Crippen MR) is 56.1 cm³/mol. The van der Waals surface area contributed by atoms with Crippen LogP contribution < -0.4 is 15.2 Å². The highest BCUT2D eigenvalue weighted by Crippen LogP contribution is 2.42. The Morgan fingerprint density at radius 2 is 2.00 bits per heavy atom. The zero-order chi connectivity index (χ0) is 10.3. The molecule has 0 unspecified atom stereocenters. The number of ether oxygens (including phenoxy) is 2. The lowest BCUT2D eigenvalue weighted by Gasteiger charge is -2.15. The molecule has 2 N–H and O–H groups in total. The second-order valence-electron chi connectivity index (χ2n) is 3.60. The topological polar surface area (TPSA) is 44.5 Å². The van der Waals surface area contributed by atoms with E-state index in [0.29, 0.717) is 0 Å². The third-order valence-electron chi connectivity index (χ3n) is 2.86. The first-order valence-corrected chi connectivity index (χ1v) is 4.75. The van der Waals surface area contributed by atoms with Gasteiger partial charge in [0.05, 0.1) is 19.4 Å². The molecule has 1 aromatic carbocycles. The molecule has 1 aromatic rings. The van der Waals surface area contributed by atoms with Crippen molar-refractivity contribution < 1.29 is 9.47 Å². The van der Waals surface area contributed by atoms with Crippen molar-refractivity contribution >= 4 is 5.69 Å². The molecule has 0 amide bonds. The largest absolute Gasteiger partial charge is 0.496 e. The van der Waals surface area contributed by atoms with Crippen LogP contribution in [0, 0.1) is 13.8 Å². The zero-order valence-electron chi connectivity index (χ0n) is 8.81. The van der Waals surface area contributed by atoms with Crippen LogP contribution in [0.25, 0.3) is 0 Å². The Hall–Kier alpha value is -1.38. The van der Waals surface area contributed by atoms with Crippen molar-refractivity contribution in [3.05, 3.63) is 16.7 Å². The SMILES string of the molecule is COc1c(C)c(N)c2c(c1C)CCO2. The highest BCUT2D eigenvalue weighted by atomic mass is 16.5. The number of anilines is 1. The van der Waals surface area contributed by atoms with Gasteiger partial charge in [0.1, 0.15) is 11.5 Å². The highest BCUT2D eigenvalue weighted by Gasteiger charge is 2.23.